The lowest BCUT2D eigenvalue weighted by Crippen LogP contribution is -2.28. The van der Waals surface area contributed by atoms with Gasteiger partial charge in [0.05, 0.1) is 10.4 Å². The normalized spacial score (nSPS) is 16.0. The van der Waals surface area contributed by atoms with Crippen LogP contribution in [0.15, 0.2) is 34.1 Å². The average Bonchev–Trinajstić information content (AvgIpc) is 3.05. The molecular formula is C15H16N2O5S. The smallest absolute Gasteiger partial charge is 0.341 e. The number of hydrogen-bond donors (Lipinski definition) is 1. The van der Waals surface area contributed by atoms with Gasteiger partial charge in [0, 0.05) is 31.7 Å². The summed E-state index contributed by atoms with van der Waals surface area (Å²) in [7, 11) is -2.04. The standard InChI is InChI=1S/C15H16N2O5S/c1-16-9-12(15(19)20)14(18)11-8-10(4-5-13(11)16)23(21,22)17-6-2-3-7-17/h4-5,8-9H,2-3,6-7H2,1H3,(H,19,20). The summed E-state index contributed by atoms with van der Waals surface area (Å²) in [6, 6.07) is 4.26. The average molecular weight is 336 g/mol. The van der Waals surface area contributed by atoms with Crippen LogP contribution in [0.4, 0.5) is 0 Å². The number of sulfonamides is 1. The predicted octanol–water partition coefficient (Wildman–Crippen LogP) is 1.02. The van der Waals surface area contributed by atoms with Crippen LogP contribution in [0.2, 0.25) is 0 Å². The summed E-state index contributed by atoms with van der Waals surface area (Å²) in [5.41, 5.74) is -0.569. The molecule has 8 heteroatoms. The molecule has 0 spiro atoms. The van der Waals surface area contributed by atoms with Crippen LogP contribution in [0.1, 0.15) is 23.2 Å². The van der Waals surface area contributed by atoms with Gasteiger partial charge in [-0.1, -0.05) is 0 Å². The third kappa shape index (κ3) is 2.53. The van der Waals surface area contributed by atoms with Crippen LogP contribution in [-0.2, 0) is 17.1 Å². The van der Waals surface area contributed by atoms with Crippen LogP contribution in [0.3, 0.4) is 0 Å². The van der Waals surface area contributed by atoms with E-state index < -0.39 is 21.4 Å². The van der Waals surface area contributed by atoms with Crippen molar-refractivity contribution in [2.75, 3.05) is 13.1 Å². The van der Waals surface area contributed by atoms with Crippen molar-refractivity contribution in [3.8, 4) is 0 Å². The number of aryl methyl sites for hydroxylation is 1. The summed E-state index contributed by atoms with van der Waals surface area (Å²) in [4.78, 5) is 23.5. The van der Waals surface area contributed by atoms with Crippen LogP contribution in [-0.4, -0.2) is 41.5 Å². The summed E-state index contributed by atoms with van der Waals surface area (Å²) >= 11 is 0. The zero-order valence-electron chi connectivity index (χ0n) is 12.5. The molecule has 23 heavy (non-hydrogen) atoms. The molecule has 1 N–H and O–H groups in total. The molecule has 0 bridgehead atoms. The van der Waals surface area contributed by atoms with Crippen LogP contribution < -0.4 is 5.43 Å². The molecule has 1 fully saturated rings. The zero-order valence-corrected chi connectivity index (χ0v) is 13.3. The maximum absolute atomic E-state index is 12.6. The molecule has 0 radical (unpaired) electrons. The van der Waals surface area contributed by atoms with Gasteiger partial charge in [-0.25, -0.2) is 13.2 Å². The molecule has 0 atom stereocenters. The van der Waals surface area contributed by atoms with Gasteiger partial charge in [-0.2, -0.15) is 4.31 Å². The summed E-state index contributed by atoms with van der Waals surface area (Å²) in [6.07, 6.45) is 2.87. The van der Waals surface area contributed by atoms with Crippen molar-refractivity contribution in [1.29, 1.82) is 0 Å². The first-order valence-corrected chi connectivity index (χ1v) is 8.63. The molecule has 2 heterocycles. The third-order valence-electron chi connectivity index (χ3n) is 4.09. The number of hydrogen-bond acceptors (Lipinski definition) is 4. The zero-order chi connectivity index (χ0) is 16.8. The number of aromatic nitrogens is 1. The number of fused-ring (bicyclic) bond motifs is 1. The first-order chi connectivity index (χ1) is 10.8. The van der Waals surface area contributed by atoms with Crippen LogP contribution in [0, 0.1) is 0 Å². The molecule has 1 aromatic heterocycles. The number of aromatic carboxylic acids is 1. The lowest BCUT2D eigenvalue weighted by Gasteiger charge is -2.16. The molecule has 0 unspecified atom stereocenters. The molecule has 1 saturated heterocycles. The fourth-order valence-electron chi connectivity index (χ4n) is 2.86. The van der Waals surface area contributed by atoms with Gasteiger partial charge in [0.25, 0.3) is 0 Å². The number of carbonyl (C=O) groups is 1. The fraction of sp³-hybridized carbons (Fsp3) is 0.333. The van der Waals surface area contributed by atoms with Gasteiger partial charge in [-0.15, -0.1) is 0 Å². The Labute approximate surface area is 132 Å². The van der Waals surface area contributed by atoms with E-state index in [0.717, 1.165) is 12.8 Å². The second-order valence-electron chi connectivity index (χ2n) is 5.58. The molecule has 0 amide bonds. The van der Waals surface area contributed by atoms with Crippen LogP contribution >= 0.6 is 0 Å². The van der Waals surface area contributed by atoms with E-state index in [-0.39, 0.29) is 15.8 Å². The maximum Gasteiger partial charge on any atom is 0.341 e. The van der Waals surface area contributed by atoms with E-state index >= 15 is 0 Å². The van der Waals surface area contributed by atoms with Crippen LogP contribution in [0.25, 0.3) is 10.9 Å². The summed E-state index contributed by atoms with van der Waals surface area (Å²) < 4.78 is 28.1. The van der Waals surface area contributed by atoms with Crippen molar-refractivity contribution >= 4 is 26.9 Å². The largest absolute Gasteiger partial charge is 0.477 e. The Morgan fingerprint density at radius 2 is 1.87 bits per heavy atom. The Morgan fingerprint density at radius 3 is 2.48 bits per heavy atom. The van der Waals surface area contributed by atoms with E-state index in [1.807, 2.05) is 0 Å². The van der Waals surface area contributed by atoms with Crippen molar-refractivity contribution in [2.24, 2.45) is 7.05 Å². The Balaban J connectivity index is 2.24. The van der Waals surface area contributed by atoms with Gasteiger partial charge >= 0.3 is 5.97 Å². The minimum Gasteiger partial charge on any atom is -0.477 e. The number of pyridine rings is 1. The lowest BCUT2D eigenvalue weighted by atomic mass is 10.1. The molecule has 3 rings (SSSR count). The summed E-state index contributed by atoms with van der Waals surface area (Å²) in [5, 5.41) is 9.20. The quantitative estimate of drug-likeness (QED) is 0.903. The lowest BCUT2D eigenvalue weighted by molar-refractivity contribution is 0.0695. The Kier molecular flexibility index (Phi) is 3.73. The van der Waals surface area contributed by atoms with E-state index in [1.54, 1.807) is 7.05 Å². The van der Waals surface area contributed by atoms with Crippen molar-refractivity contribution in [3.63, 3.8) is 0 Å². The van der Waals surface area contributed by atoms with Crippen molar-refractivity contribution in [2.45, 2.75) is 17.7 Å². The molecule has 1 aliphatic rings. The van der Waals surface area contributed by atoms with Gasteiger partial charge in [0.1, 0.15) is 5.56 Å². The van der Waals surface area contributed by atoms with Gasteiger partial charge < -0.3 is 9.67 Å². The number of carboxylic acids is 1. The first kappa shape index (κ1) is 15.7. The highest BCUT2D eigenvalue weighted by Gasteiger charge is 2.27. The van der Waals surface area contributed by atoms with E-state index in [2.05, 4.69) is 0 Å². The molecule has 0 saturated carbocycles. The van der Waals surface area contributed by atoms with E-state index in [9.17, 15) is 18.0 Å². The topological polar surface area (TPSA) is 96.7 Å². The molecule has 122 valence electrons. The van der Waals surface area contributed by atoms with E-state index in [4.69, 9.17) is 5.11 Å². The summed E-state index contributed by atoms with van der Waals surface area (Å²) in [5.74, 6) is -1.33. The molecule has 0 aliphatic carbocycles. The molecule has 2 aromatic rings. The van der Waals surface area contributed by atoms with E-state index in [1.165, 1.54) is 33.3 Å². The number of carboxylic acid groups (broad SMARTS) is 1. The third-order valence-corrected chi connectivity index (χ3v) is 5.99. The SMILES string of the molecule is Cn1cc(C(=O)O)c(=O)c2cc(S(=O)(=O)N3CCCC3)ccc21. The van der Waals surface area contributed by atoms with Gasteiger partial charge in [0.15, 0.2) is 0 Å². The van der Waals surface area contributed by atoms with E-state index in [0.29, 0.717) is 18.6 Å². The molecule has 1 aliphatic heterocycles. The highest BCUT2D eigenvalue weighted by Crippen LogP contribution is 2.23. The second-order valence-corrected chi connectivity index (χ2v) is 7.52. The summed E-state index contributed by atoms with van der Waals surface area (Å²) in [6.45, 7) is 0.932. The maximum atomic E-state index is 12.6. The number of benzene rings is 1. The monoisotopic (exact) mass is 336 g/mol. The minimum atomic E-state index is -3.66. The second kappa shape index (κ2) is 5.47. The van der Waals surface area contributed by atoms with Crippen molar-refractivity contribution < 1.29 is 18.3 Å². The molecular weight excluding hydrogens is 320 g/mol. The first-order valence-electron chi connectivity index (χ1n) is 7.19. The van der Waals surface area contributed by atoms with Crippen molar-refractivity contribution in [3.05, 3.63) is 40.2 Å². The number of nitrogens with zero attached hydrogens (tertiary/aromatic N) is 2. The Morgan fingerprint density at radius 1 is 1.22 bits per heavy atom. The predicted molar refractivity (Wildman–Crippen MR) is 84.1 cm³/mol. The van der Waals surface area contributed by atoms with Gasteiger partial charge in [-0.3, -0.25) is 4.79 Å². The highest BCUT2D eigenvalue weighted by atomic mass is 32.2. The van der Waals surface area contributed by atoms with Gasteiger partial charge in [-0.05, 0) is 31.0 Å². The Hall–Kier alpha value is -2.19. The number of rotatable bonds is 3. The minimum absolute atomic E-state index is 0.0199. The Bertz CT molecular complexity index is 956. The molecule has 1 aromatic carbocycles. The van der Waals surface area contributed by atoms with Crippen LogP contribution in [0.5, 0.6) is 0 Å². The highest BCUT2D eigenvalue weighted by molar-refractivity contribution is 7.89. The fourth-order valence-corrected chi connectivity index (χ4v) is 4.41. The van der Waals surface area contributed by atoms with Gasteiger partial charge in [0.2, 0.25) is 15.5 Å². The molecule has 7 nitrogen and oxygen atoms in total. The van der Waals surface area contributed by atoms with Crippen molar-refractivity contribution in [1.82, 2.24) is 8.87 Å².